The maximum absolute atomic E-state index is 12.2. The normalized spacial score (nSPS) is 19.1. The van der Waals surface area contributed by atoms with E-state index in [9.17, 15) is 9.59 Å². The highest BCUT2D eigenvalue weighted by atomic mass is 16.5. The van der Waals surface area contributed by atoms with Gasteiger partial charge < -0.3 is 20.1 Å². The zero-order chi connectivity index (χ0) is 15.1. The molecule has 1 fully saturated rings. The number of hydrogen-bond donors (Lipinski definition) is 2. The van der Waals surface area contributed by atoms with Crippen LogP contribution >= 0.6 is 0 Å². The molecular formula is C14H26N2O4. The molecule has 0 aromatic rings. The van der Waals surface area contributed by atoms with Crippen LogP contribution < -0.4 is 5.32 Å². The summed E-state index contributed by atoms with van der Waals surface area (Å²) in [7, 11) is 0. The number of nitrogens with zero attached hydrogens (tertiary/aromatic N) is 1. The Bertz CT molecular complexity index is 329. The van der Waals surface area contributed by atoms with Gasteiger partial charge in [-0.15, -0.1) is 0 Å². The summed E-state index contributed by atoms with van der Waals surface area (Å²) in [6.07, 6.45) is 1.88. The van der Waals surface area contributed by atoms with E-state index < -0.39 is 5.97 Å². The van der Waals surface area contributed by atoms with Gasteiger partial charge in [0.1, 0.15) is 0 Å². The molecule has 0 aromatic heterocycles. The van der Waals surface area contributed by atoms with Gasteiger partial charge in [-0.1, -0.05) is 0 Å². The second kappa shape index (κ2) is 8.09. The summed E-state index contributed by atoms with van der Waals surface area (Å²) in [5.74, 6) is -0.456. The van der Waals surface area contributed by atoms with Crippen LogP contribution in [0, 0.1) is 5.92 Å². The second-order valence-electron chi connectivity index (χ2n) is 5.42. The Balaban J connectivity index is 2.51. The number of carboxylic acids is 1. The summed E-state index contributed by atoms with van der Waals surface area (Å²) < 4.78 is 5.32. The monoisotopic (exact) mass is 286 g/mol. The average molecular weight is 286 g/mol. The third-order valence-electron chi connectivity index (χ3n) is 3.93. The van der Waals surface area contributed by atoms with Crippen LogP contribution in [0.1, 0.15) is 40.0 Å². The van der Waals surface area contributed by atoms with Gasteiger partial charge in [-0.3, -0.25) is 4.79 Å². The van der Waals surface area contributed by atoms with Gasteiger partial charge >= 0.3 is 12.0 Å². The summed E-state index contributed by atoms with van der Waals surface area (Å²) in [6, 6.07) is -0.405. The Labute approximate surface area is 120 Å². The van der Waals surface area contributed by atoms with Gasteiger partial charge in [0.2, 0.25) is 0 Å². The van der Waals surface area contributed by atoms with Crippen molar-refractivity contribution in [2.75, 3.05) is 19.8 Å². The molecule has 20 heavy (non-hydrogen) atoms. The predicted molar refractivity (Wildman–Crippen MR) is 75.6 cm³/mol. The maximum Gasteiger partial charge on any atom is 0.317 e. The van der Waals surface area contributed by atoms with Crippen LogP contribution in [0.2, 0.25) is 0 Å². The topological polar surface area (TPSA) is 78.9 Å². The van der Waals surface area contributed by atoms with Gasteiger partial charge in [-0.2, -0.15) is 0 Å². The van der Waals surface area contributed by atoms with Gasteiger partial charge in [-0.05, 0) is 39.5 Å². The van der Waals surface area contributed by atoms with Crippen molar-refractivity contribution in [3.05, 3.63) is 0 Å². The van der Waals surface area contributed by atoms with E-state index in [1.807, 2.05) is 13.8 Å². The first kappa shape index (κ1) is 16.8. The molecule has 0 aromatic carbocycles. The number of amides is 2. The minimum absolute atomic E-state index is 0.0348. The molecule has 6 nitrogen and oxygen atoms in total. The van der Waals surface area contributed by atoms with Crippen molar-refractivity contribution in [3.63, 3.8) is 0 Å². The van der Waals surface area contributed by atoms with Gasteiger partial charge in [0.05, 0.1) is 6.42 Å². The third-order valence-corrected chi connectivity index (χ3v) is 3.93. The van der Waals surface area contributed by atoms with E-state index in [1.54, 1.807) is 11.8 Å². The largest absolute Gasteiger partial charge is 0.481 e. The SMILES string of the molecule is CCN(C(=O)NC(C)C1CCOCC1)C(C)CC(=O)O. The molecule has 2 unspecified atom stereocenters. The lowest BCUT2D eigenvalue weighted by Gasteiger charge is -2.32. The number of carbonyl (C=O) groups excluding carboxylic acids is 1. The number of rotatable bonds is 6. The van der Waals surface area contributed by atoms with Crippen molar-refractivity contribution in [1.82, 2.24) is 10.2 Å². The molecule has 0 saturated carbocycles. The molecule has 2 N–H and O–H groups in total. The summed E-state index contributed by atoms with van der Waals surface area (Å²) in [5.41, 5.74) is 0. The Kier molecular flexibility index (Phi) is 6.78. The van der Waals surface area contributed by atoms with Gasteiger partial charge in [-0.25, -0.2) is 4.79 Å². The summed E-state index contributed by atoms with van der Waals surface area (Å²) in [6.45, 7) is 7.62. The van der Waals surface area contributed by atoms with Gasteiger partial charge in [0, 0.05) is 31.8 Å². The van der Waals surface area contributed by atoms with Crippen molar-refractivity contribution in [2.45, 2.75) is 52.1 Å². The number of carboxylic acid groups (broad SMARTS) is 1. The Morgan fingerprint density at radius 1 is 1.35 bits per heavy atom. The molecule has 0 radical (unpaired) electrons. The van der Waals surface area contributed by atoms with Crippen LogP contribution in [0.15, 0.2) is 0 Å². The predicted octanol–water partition coefficient (Wildman–Crippen LogP) is 1.70. The van der Waals surface area contributed by atoms with Crippen LogP contribution in [0.25, 0.3) is 0 Å². The minimum atomic E-state index is -0.888. The van der Waals surface area contributed by atoms with Crippen LogP contribution in [0.4, 0.5) is 4.79 Å². The standard InChI is InChI=1S/C14H26N2O4/c1-4-16(10(2)9-13(17)18)14(19)15-11(3)12-5-7-20-8-6-12/h10-12H,4-9H2,1-3H3,(H,15,19)(H,17,18). The fourth-order valence-corrected chi connectivity index (χ4v) is 2.63. The second-order valence-corrected chi connectivity index (χ2v) is 5.42. The number of aliphatic carboxylic acids is 1. The lowest BCUT2D eigenvalue weighted by molar-refractivity contribution is -0.138. The van der Waals surface area contributed by atoms with Crippen molar-refractivity contribution in [2.24, 2.45) is 5.92 Å². The molecule has 6 heteroatoms. The smallest absolute Gasteiger partial charge is 0.317 e. The van der Waals surface area contributed by atoms with E-state index in [-0.39, 0.29) is 24.5 Å². The highest BCUT2D eigenvalue weighted by molar-refractivity contribution is 5.76. The van der Waals surface area contributed by atoms with E-state index in [4.69, 9.17) is 9.84 Å². The average Bonchev–Trinajstić information content (AvgIpc) is 2.39. The zero-order valence-corrected chi connectivity index (χ0v) is 12.6. The van der Waals surface area contributed by atoms with Crippen molar-refractivity contribution in [3.8, 4) is 0 Å². The summed E-state index contributed by atoms with van der Waals surface area (Å²) >= 11 is 0. The van der Waals surface area contributed by atoms with Gasteiger partial charge in [0.25, 0.3) is 0 Å². The first-order valence-corrected chi connectivity index (χ1v) is 7.32. The van der Waals surface area contributed by atoms with Crippen LogP contribution in [0.3, 0.4) is 0 Å². The maximum atomic E-state index is 12.2. The van der Waals surface area contributed by atoms with E-state index in [0.29, 0.717) is 12.5 Å². The van der Waals surface area contributed by atoms with Crippen LogP contribution in [0.5, 0.6) is 0 Å². The number of carbonyl (C=O) groups is 2. The molecule has 2 atom stereocenters. The Hall–Kier alpha value is -1.30. The lowest BCUT2D eigenvalue weighted by Crippen LogP contribution is -2.50. The Morgan fingerprint density at radius 2 is 1.95 bits per heavy atom. The molecule has 1 saturated heterocycles. The molecule has 1 heterocycles. The lowest BCUT2D eigenvalue weighted by atomic mass is 9.93. The molecule has 116 valence electrons. The zero-order valence-electron chi connectivity index (χ0n) is 12.6. The van der Waals surface area contributed by atoms with E-state index >= 15 is 0 Å². The molecule has 1 rings (SSSR count). The molecule has 1 aliphatic rings. The fraction of sp³-hybridized carbons (Fsp3) is 0.857. The van der Waals surface area contributed by atoms with E-state index in [1.165, 1.54) is 0 Å². The number of nitrogens with one attached hydrogen (secondary N) is 1. The first-order valence-electron chi connectivity index (χ1n) is 7.32. The highest BCUT2D eigenvalue weighted by Crippen LogP contribution is 2.19. The van der Waals surface area contributed by atoms with Crippen molar-refractivity contribution in [1.29, 1.82) is 0 Å². The first-order chi connectivity index (χ1) is 9.45. The van der Waals surface area contributed by atoms with Crippen molar-refractivity contribution >= 4 is 12.0 Å². The number of hydrogen-bond acceptors (Lipinski definition) is 3. The van der Waals surface area contributed by atoms with Crippen LogP contribution in [-0.2, 0) is 9.53 Å². The van der Waals surface area contributed by atoms with Crippen molar-refractivity contribution < 1.29 is 19.4 Å². The number of ether oxygens (including phenoxy) is 1. The molecule has 0 aliphatic carbocycles. The highest BCUT2D eigenvalue weighted by Gasteiger charge is 2.26. The van der Waals surface area contributed by atoms with E-state index in [0.717, 1.165) is 26.1 Å². The fourth-order valence-electron chi connectivity index (χ4n) is 2.63. The molecular weight excluding hydrogens is 260 g/mol. The minimum Gasteiger partial charge on any atom is -0.481 e. The summed E-state index contributed by atoms with van der Waals surface area (Å²) in [5, 5.41) is 11.8. The molecule has 1 aliphatic heterocycles. The summed E-state index contributed by atoms with van der Waals surface area (Å²) in [4.78, 5) is 24.6. The van der Waals surface area contributed by atoms with E-state index in [2.05, 4.69) is 5.32 Å². The number of urea groups is 1. The Morgan fingerprint density at radius 3 is 2.45 bits per heavy atom. The molecule has 0 bridgehead atoms. The quantitative estimate of drug-likeness (QED) is 0.779. The van der Waals surface area contributed by atoms with Crippen LogP contribution in [-0.4, -0.2) is 53.8 Å². The van der Waals surface area contributed by atoms with Gasteiger partial charge in [0.15, 0.2) is 0 Å². The molecule has 2 amide bonds. The third kappa shape index (κ3) is 5.00. The molecule has 0 spiro atoms.